The quantitative estimate of drug-likeness (QED) is 0.837. The molecule has 0 aliphatic carbocycles. The lowest BCUT2D eigenvalue weighted by molar-refractivity contribution is -0.121. The number of likely N-dealkylation sites (N-methyl/N-ethyl adjacent to an activating group) is 1. The Kier molecular flexibility index (Phi) is 4.67. The molecule has 17 heavy (non-hydrogen) atoms. The normalized spacial score (nSPS) is 11.4. The minimum Gasteiger partial charge on any atom is -0.323 e. The molecule has 0 aromatic heterocycles. The monoisotopic (exact) mass is 294 g/mol. The molecule has 0 saturated heterocycles. The Labute approximate surface area is 115 Å². The van der Waals surface area contributed by atoms with Gasteiger partial charge in [0.1, 0.15) is 0 Å². The van der Waals surface area contributed by atoms with Crippen LogP contribution in [0, 0.1) is 0 Å². The first kappa shape index (κ1) is 14.6. The summed E-state index contributed by atoms with van der Waals surface area (Å²) < 4.78 is 0. The van der Waals surface area contributed by atoms with Gasteiger partial charge in [-0.2, -0.15) is 0 Å². The molecule has 0 aliphatic rings. The Morgan fingerprint density at radius 3 is 2.18 bits per heavy atom. The molecule has 0 aliphatic heterocycles. The van der Waals surface area contributed by atoms with Gasteiger partial charge < -0.3 is 10.6 Å². The minimum absolute atomic E-state index is 0.208. The zero-order valence-electron chi connectivity index (χ0n) is 9.70. The molecule has 0 bridgehead atoms. The molecule has 2 N–H and O–H groups in total. The van der Waals surface area contributed by atoms with E-state index in [2.05, 4.69) is 10.6 Å². The first-order valence-corrected chi connectivity index (χ1v) is 6.06. The molecule has 0 spiro atoms. The maximum atomic E-state index is 11.9. The zero-order valence-corrected chi connectivity index (χ0v) is 12.0. The first-order chi connectivity index (χ1) is 7.77. The van der Waals surface area contributed by atoms with E-state index in [1.807, 2.05) is 0 Å². The van der Waals surface area contributed by atoms with E-state index in [0.717, 1.165) is 0 Å². The summed E-state index contributed by atoms with van der Waals surface area (Å²) in [5, 5.41) is 6.62. The Hall–Kier alpha value is -0.480. The third-order valence-electron chi connectivity index (χ3n) is 2.45. The molecule has 0 fully saturated rings. The van der Waals surface area contributed by atoms with Crippen LogP contribution >= 0.6 is 34.8 Å². The van der Waals surface area contributed by atoms with Crippen molar-refractivity contribution in [2.75, 3.05) is 12.4 Å². The summed E-state index contributed by atoms with van der Waals surface area (Å²) in [6.07, 6.45) is 0. The lowest BCUT2D eigenvalue weighted by atomic mass is 10.1. The molecule has 0 atom stereocenters. The summed E-state index contributed by atoms with van der Waals surface area (Å²) >= 11 is 17.6. The maximum Gasteiger partial charge on any atom is 0.244 e. The second-order valence-corrected chi connectivity index (χ2v) is 5.30. The van der Waals surface area contributed by atoms with Crippen molar-refractivity contribution in [2.24, 2.45) is 0 Å². The molecule has 1 amide bonds. The second kappa shape index (κ2) is 5.44. The van der Waals surface area contributed by atoms with E-state index in [0.29, 0.717) is 20.8 Å². The fourth-order valence-corrected chi connectivity index (χ4v) is 1.60. The highest BCUT2D eigenvalue weighted by molar-refractivity contribution is 6.44. The SMILES string of the molecule is CNC(C)(C)C(=O)Nc1cc(Cl)c(Cl)cc1Cl. The Bertz CT molecular complexity index is 447. The number of anilines is 1. The van der Waals surface area contributed by atoms with Gasteiger partial charge in [0.05, 0.1) is 26.3 Å². The van der Waals surface area contributed by atoms with E-state index < -0.39 is 5.54 Å². The summed E-state index contributed by atoms with van der Waals surface area (Å²) in [4.78, 5) is 11.9. The number of nitrogens with one attached hydrogen (secondary N) is 2. The van der Waals surface area contributed by atoms with Crippen LogP contribution < -0.4 is 10.6 Å². The molecule has 0 heterocycles. The van der Waals surface area contributed by atoms with E-state index in [9.17, 15) is 4.79 Å². The van der Waals surface area contributed by atoms with Crippen molar-refractivity contribution in [3.8, 4) is 0 Å². The van der Waals surface area contributed by atoms with Crippen molar-refractivity contribution in [1.82, 2.24) is 5.32 Å². The van der Waals surface area contributed by atoms with Gasteiger partial charge in [0.2, 0.25) is 5.91 Å². The standard InChI is InChI=1S/C11H13Cl3N2O/c1-11(2,15-3)10(17)16-9-5-7(13)6(12)4-8(9)14/h4-5,15H,1-3H3,(H,16,17). The lowest BCUT2D eigenvalue weighted by Crippen LogP contribution is -2.47. The van der Waals surface area contributed by atoms with Gasteiger partial charge in [-0.1, -0.05) is 34.8 Å². The molecule has 0 saturated carbocycles. The Morgan fingerprint density at radius 2 is 1.65 bits per heavy atom. The lowest BCUT2D eigenvalue weighted by Gasteiger charge is -2.23. The van der Waals surface area contributed by atoms with Crippen LogP contribution in [0.4, 0.5) is 5.69 Å². The number of carbonyl (C=O) groups is 1. The van der Waals surface area contributed by atoms with Gasteiger partial charge in [-0.15, -0.1) is 0 Å². The number of halogens is 3. The van der Waals surface area contributed by atoms with Crippen molar-refractivity contribution < 1.29 is 4.79 Å². The van der Waals surface area contributed by atoms with Gasteiger partial charge in [0.25, 0.3) is 0 Å². The summed E-state index contributed by atoms with van der Waals surface area (Å²) in [5.74, 6) is -0.208. The molecule has 1 aromatic rings. The highest BCUT2D eigenvalue weighted by Gasteiger charge is 2.25. The topological polar surface area (TPSA) is 41.1 Å². The maximum absolute atomic E-state index is 11.9. The summed E-state index contributed by atoms with van der Waals surface area (Å²) in [5.41, 5.74) is -0.260. The van der Waals surface area contributed by atoms with Crippen LogP contribution in [-0.2, 0) is 4.79 Å². The van der Waals surface area contributed by atoms with E-state index in [-0.39, 0.29) is 5.91 Å². The Balaban J connectivity index is 2.97. The molecule has 94 valence electrons. The van der Waals surface area contributed by atoms with Crippen LogP contribution in [-0.4, -0.2) is 18.5 Å². The first-order valence-electron chi connectivity index (χ1n) is 4.93. The van der Waals surface area contributed by atoms with Crippen molar-refractivity contribution in [3.63, 3.8) is 0 Å². The predicted octanol–water partition coefficient (Wildman–Crippen LogP) is 3.58. The average molecular weight is 296 g/mol. The number of amides is 1. The molecule has 1 aromatic carbocycles. The number of hydrogen-bond donors (Lipinski definition) is 2. The van der Waals surface area contributed by atoms with Gasteiger partial charge in [0, 0.05) is 0 Å². The van der Waals surface area contributed by atoms with E-state index >= 15 is 0 Å². The smallest absolute Gasteiger partial charge is 0.244 e. The molecule has 0 unspecified atom stereocenters. The van der Waals surface area contributed by atoms with Gasteiger partial charge in [-0.3, -0.25) is 4.79 Å². The molecular formula is C11H13Cl3N2O. The molecule has 0 radical (unpaired) electrons. The van der Waals surface area contributed by atoms with Crippen molar-refractivity contribution in [2.45, 2.75) is 19.4 Å². The third-order valence-corrected chi connectivity index (χ3v) is 3.49. The van der Waals surface area contributed by atoms with Crippen LogP contribution in [0.15, 0.2) is 12.1 Å². The second-order valence-electron chi connectivity index (χ2n) is 4.08. The largest absolute Gasteiger partial charge is 0.323 e. The third kappa shape index (κ3) is 3.49. The number of benzene rings is 1. The van der Waals surface area contributed by atoms with Crippen LogP contribution in [0.2, 0.25) is 15.1 Å². The summed E-state index contributed by atoms with van der Waals surface area (Å²) in [6.45, 7) is 3.52. The Morgan fingerprint density at radius 1 is 1.12 bits per heavy atom. The van der Waals surface area contributed by atoms with Crippen molar-refractivity contribution in [1.29, 1.82) is 0 Å². The fourth-order valence-electron chi connectivity index (χ4n) is 1.01. The highest BCUT2D eigenvalue weighted by Crippen LogP contribution is 2.32. The van der Waals surface area contributed by atoms with E-state index in [1.54, 1.807) is 20.9 Å². The molecule has 6 heteroatoms. The van der Waals surface area contributed by atoms with Crippen molar-refractivity contribution >= 4 is 46.4 Å². The van der Waals surface area contributed by atoms with E-state index in [4.69, 9.17) is 34.8 Å². The minimum atomic E-state index is -0.699. The molecular weight excluding hydrogens is 282 g/mol. The number of rotatable bonds is 3. The zero-order chi connectivity index (χ0) is 13.2. The van der Waals surface area contributed by atoms with Crippen molar-refractivity contribution in [3.05, 3.63) is 27.2 Å². The van der Waals surface area contributed by atoms with Gasteiger partial charge in [-0.25, -0.2) is 0 Å². The van der Waals surface area contributed by atoms with Gasteiger partial charge in [0.15, 0.2) is 0 Å². The van der Waals surface area contributed by atoms with Gasteiger partial charge >= 0.3 is 0 Å². The van der Waals surface area contributed by atoms with E-state index in [1.165, 1.54) is 12.1 Å². The summed E-state index contributed by atoms with van der Waals surface area (Å²) in [6, 6.07) is 3.02. The predicted molar refractivity (Wildman–Crippen MR) is 73.2 cm³/mol. The highest BCUT2D eigenvalue weighted by atomic mass is 35.5. The van der Waals surface area contributed by atoms with Crippen LogP contribution in [0.5, 0.6) is 0 Å². The number of hydrogen-bond acceptors (Lipinski definition) is 2. The van der Waals surface area contributed by atoms with Crippen LogP contribution in [0.3, 0.4) is 0 Å². The van der Waals surface area contributed by atoms with Gasteiger partial charge in [-0.05, 0) is 33.0 Å². The fraction of sp³-hybridized carbons (Fsp3) is 0.364. The number of carbonyl (C=O) groups excluding carboxylic acids is 1. The van der Waals surface area contributed by atoms with Crippen LogP contribution in [0.25, 0.3) is 0 Å². The molecule has 3 nitrogen and oxygen atoms in total. The average Bonchev–Trinajstić information content (AvgIpc) is 2.25. The molecule has 1 rings (SSSR count). The summed E-state index contributed by atoms with van der Waals surface area (Å²) in [7, 11) is 1.70. The van der Waals surface area contributed by atoms with Crippen LogP contribution in [0.1, 0.15) is 13.8 Å².